The summed E-state index contributed by atoms with van der Waals surface area (Å²) < 4.78 is 0. The third kappa shape index (κ3) is 1.65. The summed E-state index contributed by atoms with van der Waals surface area (Å²) in [6, 6.07) is 1.51. The van der Waals surface area contributed by atoms with Gasteiger partial charge in [-0.25, -0.2) is 0 Å². The Kier molecular flexibility index (Phi) is 2.50. The zero-order valence-corrected chi connectivity index (χ0v) is 7.24. The molecular formula is C8H13N3O. The van der Waals surface area contributed by atoms with Crippen molar-refractivity contribution in [1.29, 1.82) is 0 Å². The molecule has 1 heterocycles. The first kappa shape index (κ1) is 8.80. The normalized spacial score (nSPS) is 13.2. The highest BCUT2D eigenvalue weighted by Gasteiger charge is 2.19. The maximum Gasteiger partial charge on any atom is 0.239 e. The van der Waals surface area contributed by atoms with Crippen LogP contribution in [0.5, 0.6) is 0 Å². The number of primary amides is 1. The van der Waals surface area contributed by atoms with Crippen LogP contribution >= 0.6 is 0 Å². The van der Waals surface area contributed by atoms with Crippen LogP contribution in [-0.4, -0.2) is 29.9 Å². The highest BCUT2D eigenvalue weighted by Crippen LogP contribution is 2.15. The fourth-order valence-corrected chi connectivity index (χ4v) is 1.22. The first-order valence-electron chi connectivity index (χ1n) is 3.71. The van der Waals surface area contributed by atoms with Gasteiger partial charge in [0.2, 0.25) is 5.91 Å². The molecule has 0 aliphatic carbocycles. The SMILES string of the molecule is CN(C)C(C(N)=O)c1cc[nH]c1. The van der Waals surface area contributed by atoms with Gasteiger partial charge in [-0.3, -0.25) is 9.69 Å². The zero-order valence-electron chi connectivity index (χ0n) is 7.24. The van der Waals surface area contributed by atoms with Crippen LogP contribution in [0.1, 0.15) is 11.6 Å². The first-order valence-corrected chi connectivity index (χ1v) is 3.71. The number of carbonyl (C=O) groups is 1. The number of carbonyl (C=O) groups excluding carboxylic acids is 1. The van der Waals surface area contributed by atoms with Gasteiger partial charge < -0.3 is 10.7 Å². The van der Waals surface area contributed by atoms with Crippen LogP contribution in [-0.2, 0) is 4.79 Å². The number of H-pyrrole nitrogens is 1. The van der Waals surface area contributed by atoms with Gasteiger partial charge in [0.15, 0.2) is 0 Å². The van der Waals surface area contributed by atoms with Gasteiger partial charge in [0.25, 0.3) is 0 Å². The molecule has 0 fully saturated rings. The summed E-state index contributed by atoms with van der Waals surface area (Å²) in [5.41, 5.74) is 6.13. The zero-order chi connectivity index (χ0) is 9.14. The maximum absolute atomic E-state index is 11.0. The van der Waals surface area contributed by atoms with Crippen LogP contribution in [0.2, 0.25) is 0 Å². The second-order valence-corrected chi connectivity index (χ2v) is 2.91. The highest BCUT2D eigenvalue weighted by molar-refractivity contribution is 5.81. The van der Waals surface area contributed by atoms with E-state index < -0.39 is 0 Å². The molecule has 0 aromatic carbocycles. The quantitative estimate of drug-likeness (QED) is 0.670. The van der Waals surface area contributed by atoms with Crippen molar-refractivity contribution in [2.75, 3.05) is 14.1 Å². The standard InChI is InChI=1S/C8H13N3O/c1-11(2)7(8(9)12)6-3-4-10-5-6/h3-5,7,10H,1-2H3,(H2,9,12). The molecule has 1 aromatic rings. The van der Waals surface area contributed by atoms with Crippen molar-refractivity contribution in [2.45, 2.75) is 6.04 Å². The lowest BCUT2D eigenvalue weighted by Crippen LogP contribution is -2.32. The lowest BCUT2D eigenvalue weighted by atomic mass is 10.1. The molecule has 0 aliphatic rings. The summed E-state index contributed by atoms with van der Waals surface area (Å²) in [7, 11) is 3.64. The molecule has 1 atom stereocenters. The topological polar surface area (TPSA) is 62.1 Å². The van der Waals surface area contributed by atoms with E-state index in [0.29, 0.717) is 0 Å². The Morgan fingerprint density at radius 3 is 2.67 bits per heavy atom. The number of amides is 1. The van der Waals surface area contributed by atoms with Crippen LogP contribution in [0.15, 0.2) is 18.5 Å². The van der Waals surface area contributed by atoms with Crippen LogP contribution in [0.3, 0.4) is 0 Å². The van der Waals surface area contributed by atoms with Gasteiger partial charge in [-0.2, -0.15) is 0 Å². The van der Waals surface area contributed by atoms with Crippen molar-refractivity contribution in [2.24, 2.45) is 5.73 Å². The highest BCUT2D eigenvalue weighted by atomic mass is 16.1. The third-order valence-corrected chi connectivity index (χ3v) is 1.72. The van der Waals surface area contributed by atoms with E-state index in [4.69, 9.17) is 5.73 Å². The third-order valence-electron chi connectivity index (χ3n) is 1.72. The number of nitrogens with zero attached hydrogens (tertiary/aromatic N) is 1. The summed E-state index contributed by atoms with van der Waals surface area (Å²) in [5, 5.41) is 0. The molecule has 4 heteroatoms. The molecule has 0 bridgehead atoms. The largest absolute Gasteiger partial charge is 0.368 e. The van der Waals surface area contributed by atoms with Crippen molar-refractivity contribution >= 4 is 5.91 Å². The average Bonchev–Trinajstić information content (AvgIpc) is 2.37. The van der Waals surface area contributed by atoms with Crippen molar-refractivity contribution in [1.82, 2.24) is 9.88 Å². The number of rotatable bonds is 3. The van der Waals surface area contributed by atoms with Crippen LogP contribution in [0, 0.1) is 0 Å². The minimum atomic E-state index is -0.337. The molecule has 66 valence electrons. The van der Waals surface area contributed by atoms with Crippen molar-refractivity contribution < 1.29 is 4.79 Å². The molecule has 12 heavy (non-hydrogen) atoms. The summed E-state index contributed by atoms with van der Waals surface area (Å²) in [6.45, 7) is 0. The molecule has 1 unspecified atom stereocenters. The monoisotopic (exact) mass is 167 g/mol. The Balaban J connectivity index is 2.88. The van der Waals surface area contributed by atoms with Gasteiger partial charge in [-0.1, -0.05) is 0 Å². The second kappa shape index (κ2) is 3.40. The Morgan fingerprint density at radius 1 is 1.67 bits per heavy atom. The minimum Gasteiger partial charge on any atom is -0.368 e. The number of aromatic amines is 1. The minimum absolute atomic E-state index is 0.334. The van der Waals surface area contributed by atoms with E-state index in [0.717, 1.165) is 5.56 Å². The van der Waals surface area contributed by atoms with E-state index in [1.165, 1.54) is 0 Å². The smallest absolute Gasteiger partial charge is 0.239 e. The number of nitrogens with one attached hydrogen (secondary N) is 1. The van der Waals surface area contributed by atoms with E-state index in [9.17, 15) is 4.79 Å². The fourth-order valence-electron chi connectivity index (χ4n) is 1.22. The molecule has 0 saturated carbocycles. The van der Waals surface area contributed by atoms with Gasteiger partial charge in [0.1, 0.15) is 6.04 Å². The Hall–Kier alpha value is -1.29. The molecule has 1 aromatic heterocycles. The molecule has 0 spiro atoms. The number of hydrogen-bond donors (Lipinski definition) is 2. The predicted octanol–water partition coefficient (Wildman–Crippen LogP) is 0.103. The van der Waals surface area contributed by atoms with E-state index >= 15 is 0 Å². The molecule has 0 aliphatic heterocycles. The Bertz CT molecular complexity index is 253. The van der Waals surface area contributed by atoms with Crippen LogP contribution in [0.4, 0.5) is 0 Å². The van der Waals surface area contributed by atoms with Crippen molar-refractivity contribution in [3.05, 3.63) is 24.0 Å². The van der Waals surface area contributed by atoms with Gasteiger partial charge in [-0.05, 0) is 25.7 Å². The lowest BCUT2D eigenvalue weighted by Gasteiger charge is -2.19. The van der Waals surface area contributed by atoms with Crippen molar-refractivity contribution in [3.8, 4) is 0 Å². The summed E-state index contributed by atoms with van der Waals surface area (Å²) in [6.07, 6.45) is 3.55. The Morgan fingerprint density at radius 2 is 2.33 bits per heavy atom. The Labute approximate surface area is 71.4 Å². The van der Waals surface area contributed by atoms with Gasteiger partial charge in [0.05, 0.1) is 0 Å². The van der Waals surface area contributed by atoms with Gasteiger partial charge >= 0.3 is 0 Å². The predicted molar refractivity (Wildman–Crippen MR) is 46.4 cm³/mol. The molecule has 3 N–H and O–H groups in total. The van der Waals surface area contributed by atoms with Crippen LogP contribution < -0.4 is 5.73 Å². The second-order valence-electron chi connectivity index (χ2n) is 2.91. The molecule has 1 amide bonds. The van der Waals surface area contributed by atoms with Gasteiger partial charge in [0, 0.05) is 12.4 Å². The summed E-state index contributed by atoms with van der Waals surface area (Å²) in [4.78, 5) is 15.7. The molecule has 0 saturated heterocycles. The lowest BCUT2D eigenvalue weighted by molar-refractivity contribution is -0.122. The van der Waals surface area contributed by atoms with E-state index in [-0.39, 0.29) is 11.9 Å². The average molecular weight is 167 g/mol. The molecular weight excluding hydrogens is 154 g/mol. The fraction of sp³-hybridized carbons (Fsp3) is 0.375. The molecule has 1 rings (SSSR count). The van der Waals surface area contributed by atoms with Crippen LogP contribution in [0.25, 0.3) is 0 Å². The number of likely N-dealkylation sites (N-methyl/N-ethyl adjacent to an activating group) is 1. The molecule has 0 radical (unpaired) electrons. The summed E-state index contributed by atoms with van der Waals surface area (Å²) in [5.74, 6) is -0.334. The van der Waals surface area contributed by atoms with E-state index in [2.05, 4.69) is 4.98 Å². The number of hydrogen-bond acceptors (Lipinski definition) is 2. The number of nitrogens with two attached hydrogens (primary N) is 1. The van der Waals surface area contributed by atoms with Crippen molar-refractivity contribution in [3.63, 3.8) is 0 Å². The summed E-state index contributed by atoms with van der Waals surface area (Å²) >= 11 is 0. The van der Waals surface area contributed by atoms with E-state index in [1.807, 2.05) is 20.2 Å². The number of aromatic nitrogens is 1. The molecule has 4 nitrogen and oxygen atoms in total. The van der Waals surface area contributed by atoms with E-state index in [1.54, 1.807) is 17.3 Å². The maximum atomic E-state index is 11.0. The van der Waals surface area contributed by atoms with Gasteiger partial charge in [-0.15, -0.1) is 0 Å². The first-order chi connectivity index (χ1) is 5.63.